The van der Waals surface area contributed by atoms with Gasteiger partial charge >= 0.3 is 0 Å². The Hall–Kier alpha value is -1.74. The quantitative estimate of drug-likeness (QED) is 0.781. The minimum Gasteiger partial charge on any atom is -0.497 e. The number of methoxy groups -OCH3 is 1. The Bertz CT molecular complexity index is 514. The lowest BCUT2D eigenvalue weighted by atomic mass is 10.1. The summed E-state index contributed by atoms with van der Waals surface area (Å²) in [7, 11) is 1.60. The number of benzene rings is 1. The minimum atomic E-state index is -0.0953. The van der Waals surface area contributed by atoms with Crippen molar-refractivity contribution in [3.8, 4) is 5.75 Å². The zero-order valence-corrected chi connectivity index (χ0v) is 10.0. The Morgan fingerprint density at radius 3 is 2.47 bits per heavy atom. The van der Waals surface area contributed by atoms with Gasteiger partial charge in [-0.25, -0.2) is 0 Å². The largest absolute Gasteiger partial charge is 0.497 e. The molecule has 0 aliphatic rings. The molecule has 0 amide bonds. The fourth-order valence-electron chi connectivity index (χ4n) is 1.48. The van der Waals surface area contributed by atoms with Crippen LogP contribution in [0.2, 0.25) is 5.22 Å². The first-order valence-corrected chi connectivity index (χ1v) is 5.48. The van der Waals surface area contributed by atoms with Crippen molar-refractivity contribution in [3.05, 3.63) is 52.9 Å². The Morgan fingerprint density at radius 2 is 1.94 bits per heavy atom. The van der Waals surface area contributed by atoms with E-state index in [-0.39, 0.29) is 23.2 Å². The first-order chi connectivity index (χ1) is 8.19. The van der Waals surface area contributed by atoms with Gasteiger partial charge in [-0.3, -0.25) is 4.79 Å². The highest BCUT2D eigenvalue weighted by molar-refractivity contribution is 6.29. The topological polar surface area (TPSA) is 39.4 Å². The summed E-state index contributed by atoms with van der Waals surface area (Å²) in [5.41, 5.74) is 0.906. The third-order valence-electron chi connectivity index (χ3n) is 2.37. The lowest BCUT2D eigenvalue weighted by Gasteiger charge is -2.01. The van der Waals surface area contributed by atoms with Gasteiger partial charge in [-0.2, -0.15) is 0 Å². The summed E-state index contributed by atoms with van der Waals surface area (Å²) in [5, 5.41) is 0.225. The summed E-state index contributed by atoms with van der Waals surface area (Å²) in [6.07, 6.45) is 0.286. The van der Waals surface area contributed by atoms with E-state index in [1.165, 1.54) is 0 Å². The number of ketones is 1. The molecule has 0 radical (unpaired) electrons. The smallest absolute Gasteiger partial charge is 0.202 e. The fraction of sp³-hybridized carbons (Fsp3) is 0.154. The van der Waals surface area contributed by atoms with E-state index in [4.69, 9.17) is 20.8 Å². The average molecular weight is 251 g/mol. The van der Waals surface area contributed by atoms with Crippen molar-refractivity contribution < 1.29 is 13.9 Å². The maximum atomic E-state index is 11.8. The van der Waals surface area contributed by atoms with Gasteiger partial charge in [0.2, 0.25) is 5.78 Å². The van der Waals surface area contributed by atoms with Crippen molar-refractivity contribution in [2.75, 3.05) is 7.11 Å². The first kappa shape index (κ1) is 11.7. The molecule has 88 valence electrons. The van der Waals surface area contributed by atoms with Gasteiger partial charge in [0.15, 0.2) is 11.0 Å². The Morgan fingerprint density at radius 1 is 1.24 bits per heavy atom. The first-order valence-electron chi connectivity index (χ1n) is 5.10. The van der Waals surface area contributed by atoms with E-state index in [1.54, 1.807) is 19.2 Å². The van der Waals surface area contributed by atoms with Crippen molar-refractivity contribution in [3.63, 3.8) is 0 Å². The van der Waals surface area contributed by atoms with Gasteiger partial charge < -0.3 is 9.15 Å². The zero-order chi connectivity index (χ0) is 12.3. The van der Waals surface area contributed by atoms with Crippen LogP contribution in [0.5, 0.6) is 5.75 Å². The molecule has 2 aromatic rings. The average Bonchev–Trinajstić information content (AvgIpc) is 2.77. The van der Waals surface area contributed by atoms with E-state index in [9.17, 15) is 4.79 Å². The van der Waals surface area contributed by atoms with Gasteiger partial charge in [0.1, 0.15) is 5.75 Å². The molecule has 0 spiro atoms. The third-order valence-corrected chi connectivity index (χ3v) is 2.57. The summed E-state index contributed by atoms with van der Waals surface area (Å²) >= 11 is 5.61. The number of Topliss-reactive ketones (excluding diaryl/α,β-unsaturated/α-hetero) is 1. The standard InChI is InChI=1S/C13H11ClO3/c1-16-10-4-2-9(3-5-10)8-11(15)12-6-7-13(14)17-12/h2-7H,8H2,1H3. The SMILES string of the molecule is COc1ccc(CC(=O)c2ccc(Cl)o2)cc1. The van der Waals surface area contributed by atoms with Crippen molar-refractivity contribution >= 4 is 17.4 Å². The number of furan rings is 1. The van der Waals surface area contributed by atoms with Gasteiger partial charge in [0.05, 0.1) is 7.11 Å². The predicted octanol–water partition coefficient (Wildman–Crippen LogP) is 3.37. The van der Waals surface area contributed by atoms with Crippen LogP contribution in [0.25, 0.3) is 0 Å². The summed E-state index contributed by atoms with van der Waals surface area (Å²) in [5.74, 6) is 0.954. The van der Waals surface area contributed by atoms with Crippen LogP contribution in [0.4, 0.5) is 0 Å². The minimum absolute atomic E-state index is 0.0953. The zero-order valence-electron chi connectivity index (χ0n) is 9.27. The maximum Gasteiger partial charge on any atom is 0.202 e. The molecule has 0 saturated carbocycles. The van der Waals surface area contributed by atoms with E-state index in [1.807, 2.05) is 24.3 Å². The van der Waals surface area contributed by atoms with Crippen molar-refractivity contribution in [1.29, 1.82) is 0 Å². The molecule has 2 rings (SSSR count). The van der Waals surface area contributed by atoms with Crippen molar-refractivity contribution in [1.82, 2.24) is 0 Å². The molecule has 0 atom stereocenters. The normalized spacial score (nSPS) is 10.2. The van der Waals surface area contributed by atoms with Crippen LogP contribution >= 0.6 is 11.6 Å². The van der Waals surface area contributed by atoms with Gasteiger partial charge in [-0.1, -0.05) is 12.1 Å². The molecular formula is C13H11ClO3. The van der Waals surface area contributed by atoms with Crippen LogP contribution in [-0.2, 0) is 6.42 Å². The summed E-state index contributed by atoms with van der Waals surface area (Å²) in [4.78, 5) is 11.8. The molecule has 0 aliphatic carbocycles. The molecule has 0 aliphatic heterocycles. The number of halogens is 1. The highest BCUT2D eigenvalue weighted by Crippen LogP contribution is 2.17. The van der Waals surface area contributed by atoms with Crippen LogP contribution in [0.1, 0.15) is 16.1 Å². The van der Waals surface area contributed by atoms with Gasteiger partial charge in [-0.15, -0.1) is 0 Å². The van der Waals surface area contributed by atoms with Crippen LogP contribution in [0.15, 0.2) is 40.8 Å². The summed E-state index contributed by atoms with van der Waals surface area (Å²) < 4.78 is 10.1. The van der Waals surface area contributed by atoms with Gasteiger partial charge in [-0.05, 0) is 41.4 Å². The van der Waals surface area contributed by atoms with Crippen molar-refractivity contribution in [2.24, 2.45) is 0 Å². The van der Waals surface area contributed by atoms with E-state index < -0.39 is 0 Å². The van der Waals surface area contributed by atoms with Crippen molar-refractivity contribution in [2.45, 2.75) is 6.42 Å². The molecule has 17 heavy (non-hydrogen) atoms. The Balaban J connectivity index is 2.07. The molecular weight excluding hydrogens is 240 g/mol. The number of carbonyl (C=O) groups excluding carboxylic acids is 1. The van der Waals surface area contributed by atoms with Crippen LogP contribution in [0.3, 0.4) is 0 Å². The second-order valence-electron chi connectivity index (χ2n) is 3.55. The highest BCUT2D eigenvalue weighted by atomic mass is 35.5. The number of hydrogen-bond acceptors (Lipinski definition) is 3. The number of ether oxygens (including phenoxy) is 1. The van der Waals surface area contributed by atoms with E-state index in [0.717, 1.165) is 11.3 Å². The molecule has 3 nitrogen and oxygen atoms in total. The summed E-state index contributed by atoms with van der Waals surface area (Å²) in [6, 6.07) is 10.5. The molecule has 1 heterocycles. The molecule has 0 N–H and O–H groups in total. The second-order valence-corrected chi connectivity index (χ2v) is 3.92. The summed E-state index contributed by atoms with van der Waals surface area (Å²) in [6.45, 7) is 0. The molecule has 0 fully saturated rings. The van der Waals surface area contributed by atoms with E-state index in [0.29, 0.717) is 0 Å². The molecule has 1 aromatic carbocycles. The maximum absolute atomic E-state index is 11.8. The highest BCUT2D eigenvalue weighted by Gasteiger charge is 2.11. The third kappa shape index (κ3) is 2.88. The van der Waals surface area contributed by atoms with E-state index >= 15 is 0 Å². The van der Waals surface area contributed by atoms with Gasteiger partial charge in [0, 0.05) is 6.42 Å². The molecule has 0 saturated heterocycles. The monoisotopic (exact) mass is 250 g/mol. The lowest BCUT2D eigenvalue weighted by Crippen LogP contribution is -2.01. The van der Waals surface area contributed by atoms with Crippen LogP contribution in [0, 0.1) is 0 Å². The fourth-order valence-corrected chi connectivity index (χ4v) is 1.63. The Labute approximate surface area is 104 Å². The number of rotatable bonds is 4. The predicted molar refractivity (Wildman–Crippen MR) is 64.7 cm³/mol. The second kappa shape index (κ2) is 5.06. The molecule has 0 unspecified atom stereocenters. The van der Waals surface area contributed by atoms with Crippen LogP contribution in [-0.4, -0.2) is 12.9 Å². The molecule has 1 aromatic heterocycles. The molecule has 0 bridgehead atoms. The lowest BCUT2D eigenvalue weighted by molar-refractivity contribution is 0.0966. The van der Waals surface area contributed by atoms with Crippen LogP contribution < -0.4 is 4.74 Å². The Kier molecular flexibility index (Phi) is 3.49. The van der Waals surface area contributed by atoms with E-state index in [2.05, 4.69) is 0 Å². The number of hydrogen-bond donors (Lipinski definition) is 0. The van der Waals surface area contributed by atoms with Gasteiger partial charge in [0.25, 0.3) is 0 Å². The number of carbonyl (C=O) groups is 1. The molecule has 4 heteroatoms.